The molecule has 0 radical (unpaired) electrons. The van der Waals surface area contributed by atoms with E-state index in [1.165, 1.54) is 5.56 Å². The van der Waals surface area contributed by atoms with Gasteiger partial charge in [0, 0.05) is 16.7 Å². The smallest absolute Gasteiger partial charge is 0.195 e. The predicted octanol–water partition coefficient (Wildman–Crippen LogP) is 5.83. The number of benzene rings is 4. The van der Waals surface area contributed by atoms with Crippen LogP contribution in [0.1, 0.15) is 43.5 Å². The Morgan fingerprint density at radius 2 is 1.00 bits per heavy atom. The summed E-state index contributed by atoms with van der Waals surface area (Å²) in [6.45, 7) is 2.01. The van der Waals surface area contributed by atoms with Crippen LogP contribution in [0.2, 0.25) is 0 Å². The van der Waals surface area contributed by atoms with Crippen molar-refractivity contribution in [2.75, 3.05) is 0 Å². The van der Waals surface area contributed by atoms with Gasteiger partial charge in [0.25, 0.3) is 0 Å². The molecule has 1 unspecified atom stereocenters. The highest BCUT2D eigenvalue weighted by atomic mass is 16.3. The molecule has 0 heterocycles. The van der Waals surface area contributed by atoms with Gasteiger partial charge in [-0.05, 0) is 12.5 Å². The van der Waals surface area contributed by atoms with Gasteiger partial charge in [0.15, 0.2) is 11.6 Å². The fraction of sp³-hybridized carbons (Fsp3) is 0.0714. The molecule has 0 bridgehead atoms. The van der Waals surface area contributed by atoms with Crippen LogP contribution in [0.3, 0.4) is 0 Å². The molecule has 4 aromatic carbocycles. The summed E-state index contributed by atoms with van der Waals surface area (Å²) >= 11 is 0. The Labute approximate surface area is 182 Å². The zero-order valence-electron chi connectivity index (χ0n) is 17.3. The lowest BCUT2D eigenvalue weighted by molar-refractivity contribution is 0.0747. The zero-order valence-corrected chi connectivity index (χ0v) is 17.3. The molecule has 1 atom stereocenters. The van der Waals surface area contributed by atoms with Crippen LogP contribution in [0.4, 0.5) is 0 Å². The van der Waals surface area contributed by atoms with E-state index in [1.54, 1.807) is 48.5 Å². The molecule has 0 fully saturated rings. The van der Waals surface area contributed by atoms with Crippen LogP contribution in [0, 0.1) is 6.92 Å². The standard InChI is InChI=1S/C14H12O2.C14H12O/c15-13(11-7-3-1-4-8-11)14(16)12-9-5-2-6-10-12;1-11-7-9-13(10-8-11)14(15)12-5-3-2-4-6-12/h1-10,13,15H;2-10H,1H3. The maximum atomic E-state index is 12.0. The summed E-state index contributed by atoms with van der Waals surface area (Å²) in [5, 5.41) is 9.89. The Kier molecular flexibility index (Phi) is 7.63. The maximum Gasteiger partial charge on any atom is 0.195 e. The van der Waals surface area contributed by atoms with Gasteiger partial charge in [-0.25, -0.2) is 0 Å². The first kappa shape index (κ1) is 21.9. The molecular formula is C28H24O3. The fourth-order valence-corrected chi connectivity index (χ4v) is 3.01. The van der Waals surface area contributed by atoms with Gasteiger partial charge in [-0.1, -0.05) is 121 Å². The van der Waals surface area contributed by atoms with Gasteiger partial charge in [-0.15, -0.1) is 0 Å². The second-order valence-corrected chi connectivity index (χ2v) is 7.10. The minimum Gasteiger partial charge on any atom is -0.380 e. The van der Waals surface area contributed by atoms with Crippen molar-refractivity contribution >= 4 is 11.6 Å². The molecule has 0 aliphatic carbocycles. The number of Topliss-reactive ketones (excluding diaryl/α,β-unsaturated/α-hetero) is 1. The number of rotatable bonds is 5. The number of aliphatic hydroxyl groups excluding tert-OH is 1. The molecule has 4 aromatic rings. The van der Waals surface area contributed by atoms with E-state index < -0.39 is 6.10 Å². The molecule has 0 aliphatic rings. The van der Waals surface area contributed by atoms with Crippen LogP contribution in [0.25, 0.3) is 0 Å². The number of aliphatic hydroxyl groups is 1. The van der Waals surface area contributed by atoms with Crippen LogP contribution < -0.4 is 0 Å². The molecule has 3 nitrogen and oxygen atoms in total. The summed E-state index contributed by atoms with van der Waals surface area (Å²) in [4.78, 5) is 23.9. The van der Waals surface area contributed by atoms with Crippen molar-refractivity contribution in [1.82, 2.24) is 0 Å². The first-order chi connectivity index (χ1) is 15.1. The third-order valence-electron chi connectivity index (χ3n) is 4.77. The summed E-state index contributed by atoms with van der Waals surface area (Å²) in [6, 6.07) is 34.7. The number of hydrogen-bond donors (Lipinski definition) is 1. The maximum absolute atomic E-state index is 12.0. The molecule has 0 spiro atoms. The first-order valence-electron chi connectivity index (χ1n) is 10.0. The van der Waals surface area contributed by atoms with E-state index in [0.29, 0.717) is 11.1 Å². The van der Waals surface area contributed by atoms with Crippen LogP contribution in [0.5, 0.6) is 0 Å². The SMILES string of the molecule is Cc1ccc(C(=O)c2ccccc2)cc1.O=C(c1ccccc1)C(O)c1ccccc1. The number of carbonyl (C=O) groups excluding carboxylic acids is 2. The van der Waals surface area contributed by atoms with Gasteiger partial charge in [-0.3, -0.25) is 9.59 Å². The second-order valence-electron chi connectivity index (χ2n) is 7.10. The molecule has 0 saturated heterocycles. The molecular weight excluding hydrogens is 384 g/mol. The lowest BCUT2D eigenvalue weighted by atomic mass is 10.0. The van der Waals surface area contributed by atoms with E-state index >= 15 is 0 Å². The molecule has 0 amide bonds. The molecule has 3 heteroatoms. The average molecular weight is 408 g/mol. The Bertz CT molecular complexity index is 1100. The fourth-order valence-electron chi connectivity index (χ4n) is 3.01. The highest BCUT2D eigenvalue weighted by Gasteiger charge is 2.18. The number of aryl methyl sites for hydroxylation is 1. The monoisotopic (exact) mass is 408 g/mol. The van der Waals surface area contributed by atoms with Crippen LogP contribution in [-0.2, 0) is 0 Å². The normalized spacial score (nSPS) is 11.0. The minimum absolute atomic E-state index is 0.0793. The Balaban J connectivity index is 0.000000176. The summed E-state index contributed by atoms with van der Waals surface area (Å²) in [5.41, 5.74) is 3.79. The molecule has 154 valence electrons. The van der Waals surface area contributed by atoms with Gasteiger partial charge < -0.3 is 5.11 Å². The largest absolute Gasteiger partial charge is 0.380 e. The minimum atomic E-state index is -1.08. The number of hydrogen-bond acceptors (Lipinski definition) is 3. The molecule has 0 saturated carbocycles. The second kappa shape index (κ2) is 10.8. The Hall–Kier alpha value is -3.82. The molecule has 4 rings (SSSR count). The molecule has 0 aromatic heterocycles. The van der Waals surface area contributed by atoms with E-state index in [2.05, 4.69) is 0 Å². The Morgan fingerprint density at radius 3 is 1.52 bits per heavy atom. The topological polar surface area (TPSA) is 54.4 Å². The summed E-state index contributed by atoms with van der Waals surface area (Å²) in [7, 11) is 0. The van der Waals surface area contributed by atoms with Crippen molar-refractivity contribution in [2.45, 2.75) is 13.0 Å². The third-order valence-corrected chi connectivity index (χ3v) is 4.77. The van der Waals surface area contributed by atoms with E-state index in [0.717, 1.165) is 11.1 Å². The van der Waals surface area contributed by atoms with Crippen molar-refractivity contribution in [1.29, 1.82) is 0 Å². The lowest BCUT2D eigenvalue weighted by Gasteiger charge is -2.09. The van der Waals surface area contributed by atoms with Crippen molar-refractivity contribution in [3.8, 4) is 0 Å². The predicted molar refractivity (Wildman–Crippen MR) is 123 cm³/mol. The van der Waals surface area contributed by atoms with Gasteiger partial charge in [-0.2, -0.15) is 0 Å². The lowest BCUT2D eigenvalue weighted by Crippen LogP contribution is -2.11. The van der Waals surface area contributed by atoms with Crippen LogP contribution in [0.15, 0.2) is 115 Å². The van der Waals surface area contributed by atoms with E-state index in [1.807, 2.05) is 73.7 Å². The number of carbonyl (C=O) groups is 2. The highest BCUT2D eigenvalue weighted by molar-refractivity contribution is 6.08. The van der Waals surface area contributed by atoms with Crippen molar-refractivity contribution < 1.29 is 14.7 Å². The number of ketones is 2. The van der Waals surface area contributed by atoms with Gasteiger partial charge in [0.2, 0.25) is 0 Å². The summed E-state index contributed by atoms with van der Waals surface area (Å²) < 4.78 is 0. The van der Waals surface area contributed by atoms with E-state index in [4.69, 9.17) is 0 Å². The quantitative estimate of drug-likeness (QED) is 0.423. The van der Waals surface area contributed by atoms with E-state index in [-0.39, 0.29) is 11.6 Å². The molecule has 1 N–H and O–H groups in total. The Morgan fingerprint density at radius 1 is 0.581 bits per heavy atom. The molecule has 0 aliphatic heterocycles. The molecule has 31 heavy (non-hydrogen) atoms. The van der Waals surface area contributed by atoms with Crippen molar-refractivity contribution in [3.63, 3.8) is 0 Å². The van der Waals surface area contributed by atoms with E-state index in [9.17, 15) is 14.7 Å². The van der Waals surface area contributed by atoms with Crippen molar-refractivity contribution in [2.24, 2.45) is 0 Å². The van der Waals surface area contributed by atoms with Gasteiger partial charge in [0.1, 0.15) is 6.10 Å². The zero-order chi connectivity index (χ0) is 22.1. The van der Waals surface area contributed by atoms with Crippen molar-refractivity contribution in [3.05, 3.63) is 143 Å². The summed E-state index contributed by atoms with van der Waals surface area (Å²) in [6.07, 6.45) is -1.08. The highest BCUT2D eigenvalue weighted by Crippen LogP contribution is 2.17. The van der Waals surface area contributed by atoms with Gasteiger partial charge >= 0.3 is 0 Å². The van der Waals surface area contributed by atoms with Crippen LogP contribution >= 0.6 is 0 Å². The van der Waals surface area contributed by atoms with Crippen LogP contribution in [-0.4, -0.2) is 16.7 Å². The third kappa shape index (κ3) is 6.08. The summed E-state index contributed by atoms with van der Waals surface area (Å²) in [5.74, 6) is -0.192. The average Bonchev–Trinajstić information content (AvgIpc) is 2.85. The first-order valence-corrected chi connectivity index (χ1v) is 10.0. The van der Waals surface area contributed by atoms with Gasteiger partial charge in [0.05, 0.1) is 0 Å².